The predicted octanol–water partition coefficient (Wildman–Crippen LogP) is 0.803. The molecule has 2 rings (SSSR count). The van der Waals surface area contributed by atoms with E-state index in [1.165, 1.54) is 4.90 Å². The molecule has 0 aliphatic carbocycles. The van der Waals surface area contributed by atoms with Gasteiger partial charge in [0.25, 0.3) is 0 Å². The van der Waals surface area contributed by atoms with Crippen LogP contribution in [-0.4, -0.2) is 36.0 Å². The number of carboxylic acid groups (broad SMARTS) is 1. The Morgan fingerprint density at radius 1 is 1.38 bits per heavy atom. The summed E-state index contributed by atoms with van der Waals surface area (Å²) in [7, 11) is 0. The van der Waals surface area contributed by atoms with Crippen molar-refractivity contribution in [1.29, 1.82) is 0 Å². The molecule has 6 heteroatoms. The number of nitrogens with zero attached hydrogens (tertiary/aromatic N) is 1. The fourth-order valence-electron chi connectivity index (χ4n) is 2.25. The fourth-order valence-corrected chi connectivity index (χ4v) is 2.25. The normalized spacial score (nSPS) is 15.8. The van der Waals surface area contributed by atoms with Gasteiger partial charge in [-0.3, -0.25) is 14.4 Å². The number of amides is 2. The summed E-state index contributed by atoms with van der Waals surface area (Å²) in [5.74, 6) is -2.07. The lowest BCUT2D eigenvalue weighted by Gasteiger charge is -2.27. The van der Waals surface area contributed by atoms with Gasteiger partial charge in [-0.25, -0.2) is 0 Å². The van der Waals surface area contributed by atoms with E-state index in [9.17, 15) is 19.5 Å². The van der Waals surface area contributed by atoms with Crippen molar-refractivity contribution in [2.75, 3.05) is 18.0 Å². The Labute approximate surface area is 122 Å². The average Bonchev–Trinajstić information content (AvgIpc) is 2.41. The molecular formula is C15H18N2O4. The quantitative estimate of drug-likeness (QED) is 0.803. The van der Waals surface area contributed by atoms with Crippen molar-refractivity contribution in [2.45, 2.75) is 20.3 Å². The van der Waals surface area contributed by atoms with Gasteiger partial charge in [-0.05, 0) is 38.0 Å². The van der Waals surface area contributed by atoms with E-state index in [2.05, 4.69) is 5.32 Å². The van der Waals surface area contributed by atoms with Crippen LogP contribution in [0.25, 0.3) is 0 Å². The molecule has 2 N–H and O–H groups in total. The van der Waals surface area contributed by atoms with Crippen molar-refractivity contribution < 1.29 is 19.5 Å². The summed E-state index contributed by atoms with van der Waals surface area (Å²) in [5.41, 5.74) is 0.550. The van der Waals surface area contributed by atoms with E-state index in [1.54, 1.807) is 32.0 Å². The first-order valence-corrected chi connectivity index (χ1v) is 6.73. The maximum atomic E-state index is 11.9. The number of nitrogens with one attached hydrogen (secondary N) is 1. The molecule has 1 aliphatic heterocycles. The summed E-state index contributed by atoms with van der Waals surface area (Å²) in [6.45, 7) is 4.13. The van der Waals surface area contributed by atoms with Crippen LogP contribution in [0.4, 0.5) is 5.69 Å². The van der Waals surface area contributed by atoms with Crippen LogP contribution in [0.3, 0.4) is 0 Å². The number of benzene rings is 1. The summed E-state index contributed by atoms with van der Waals surface area (Å²) in [5, 5.41) is 11.7. The number of anilines is 1. The highest BCUT2D eigenvalue weighted by Gasteiger charge is 2.29. The zero-order chi connectivity index (χ0) is 15.6. The van der Waals surface area contributed by atoms with Crippen molar-refractivity contribution in [2.24, 2.45) is 5.41 Å². The number of piperazine rings is 1. The molecule has 1 fully saturated rings. The molecule has 0 bridgehead atoms. The fraction of sp³-hybridized carbons (Fsp3) is 0.400. The first kappa shape index (κ1) is 15.0. The van der Waals surface area contributed by atoms with Crippen LogP contribution in [0.1, 0.15) is 19.4 Å². The van der Waals surface area contributed by atoms with Gasteiger partial charge in [-0.1, -0.05) is 12.1 Å². The van der Waals surface area contributed by atoms with E-state index in [-0.39, 0.29) is 0 Å². The summed E-state index contributed by atoms with van der Waals surface area (Å²) in [6.07, 6.45) is 0.352. The van der Waals surface area contributed by atoms with E-state index < -0.39 is 23.2 Å². The first-order valence-electron chi connectivity index (χ1n) is 6.73. The lowest BCUT2D eigenvalue weighted by atomic mass is 9.86. The van der Waals surface area contributed by atoms with E-state index in [0.29, 0.717) is 25.2 Å². The Morgan fingerprint density at radius 2 is 2.10 bits per heavy atom. The van der Waals surface area contributed by atoms with Gasteiger partial charge in [0.15, 0.2) is 0 Å². The minimum absolute atomic E-state index is 0.352. The zero-order valence-electron chi connectivity index (χ0n) is 12.0. The highest BCUT2D eigenvalue weighted by atomic mass is 16.4. The van der Waals surface area contributed by atoms with E-state index in [4.69, 9.17) is 0 Å². The van der Waals surface area contributed by atoms with Crippen LogP contribution < -0.4 is 10.2 Å². The van der Waals surface area contributed by atoms with Crippen LogP contribution in [0.15, 0.2) is 24.3 Å². The lowest BCUT2D eigenvalue weighted by Crippen LogP contribution is -2.52. The third-order valence-corrected chi connectivity index (χ3v) is 3.51. The summed E-state index contributed by atoms with van der Waals surface area (Å²) in [4.78, 5) is 35.9. The first-order chi connectivity index (χ1) is 9.81. The number of carbonyl (C=O) groups is 3. The van der Waals surface area contributed by atoms with Crippen LogP contribution in [0.2, 0.25) is 0 Å². The lowest BCUT2D eigenvalue weighted by molar-refractivity contribution is -0.146. The van der Waals surface area contributed by atoms with Crippen molar-refractivity contribution >= 4 is 23.5 Å². The van der Waals surface area contributed by atoms with E-state index in [1.807, 2.05) is 6.07 Å². The molecule has 1 aromatic carbocycles. The molecule has 21 heavy (non-hydrogen) atoms. The second-order valence-electron chi connectivity index (χ2n) is 5.75. The Bertz CT molecular complexity index is 595. The topological polar surface area (TPSA) is 86.7 Å². The molecule has 1 aliphatic rings. The van der Waals surface area contributed by atoms with Gasteiger partial charge in [-0.15, -0.1) is 0 Å². The summed E-state index contributed by atoms with van der Waals surface area (Å²) >= 11 is 0. The van der Waals surface area contributed by atoms with Gasteiger partial charge in [0.05, 0.1) is 5.41 Å². The molecule has 0 spiro atoms. The average molecular weight is 290 g/mol. The molecule has 0 saturated carbocycles. The Morgan fingerprint density at radius 3 is 2.76 bits per heavy atom. The standard InChI is InChI=1S/C15H18N2O4/c1-15(2,14(20)21)9-10-4-3-5-11(8-10)17-7-6-16-12(18)13(17)19/h3-5,8H,6-7,9H2,1-2H3,(H,16,18)(H,20,21). The Kier molecular flexibility index (Phi) is 3.97. The van der Waals surface area contributed by atoms with Crippen molar-refractivity contribution in [3.63, 3.8) is 0 Å². The predicted molar refractivity (Wildman–Crippen MR) is 76.9 cm³/mol. The highest BCUT2D eigenvalue weighted by molar-refractivity contribution is 6.41. The maximum Gasteiger partial charge on any atom is 0.316 e. The SMILES string of the molecule is CC(C)(Cc1cccc(N2CCNC(=O)C2=O)c1)C(=O)O. The van der Waals surface area contributed by atoms with Gasteiger partial charge in [0.1, 0.15) is 0 Å². The molecule has 1 saturated heterocycles. The second-order valence-corrected chi connectivity index (χ2v) is 5.75. The van der Waals surface area contributed by atoms with Gasteiger partial charge < -0.3 is 15.3 Å². The molecule has 1 heterocycles. The minimum Gasteiger partial charge on any atom is -0.481 e. The van der Waals surface area contributed by atoms with E-state index >= 15 is 0 Å². The van der Waals surface area contributed by atoms with Gasteiger partial charge in [0.2, 0.25) is 0 Å². The van der Waals surface area contributed by atoms with Gasteiger partial charge in [0, 0.05) is 18.8 Å². The Balaban J connectivity index is 2.24. The molecule has 0 radical (unpaired) electrons. The summed E-state index contributed by atoms with van der Waals surface area (Å²) < 4.78 is 0. The van der Waals surface area contributed by atoms with Crippen molar-refractivity contribution in [1.82, 2.24) is 5.32 Å². The third kappa shape index (κ3) is 3.21. The maximum absolute atomic E-state index is 11.9. The van der Waals surface area contributed by atoms with Crippen molar-refractivity contribution in [3.8, 4) is 0 Å². The summed E-state index contributed by atoms with van der Waals surface area (Å²) in [6, 6.07) is 7.10. The highest BCUT2D eigenvalue weighted by Crippen LogP contribution is 2.25. The molecule has 1 aromatic rings. The van der Waals surface area contributed by atoms with E-state index in [0.717, 1.165) is 5.56 Å². The number of rotatable bonds is 4. The van der Waals surface area contributed by atoms with Gasteiger partial charge in [-0.2, -0.15) is 0 Å². The monoisotopic (exact) mass is 290 g/mol. The molecule has 0 aromatic heterocycles. The van der Waals surface area contributed by atoms with Crippen LogP contribution in [0, 0.1) is 5.41 Å². The van der Waals surface area contributed by atoms with Gasteiger partial charge >= 0.3 is 17.8 Å². The molecule has 6 nitrogen and oxygen atoms in total. The van der Waals surface area contributed by atoms with Crippen LogP contribution in [-0.2, 0) is 20.8 Å². The second kappa shape index (κ2) is 5.55. The number of carboxylic acids is 1. The largest absolute Gasteiger partial charge is 0.481 e. The molecule has 2 amide bonds. The van der Waals surface area contributed by atoms with Crippen LogP contribution >= 0.6 is 0 Å². The number of aliphatic carboxylic acids is 1. The van der Waals surface area contributed by atoms with Crippen LogP contribution in [0.5, 0.6) is 0 Å². The molecular weight excluding hydrogens is 272 g/mol. The Hall–Kier alpha value is -2.37. The van der Waals surface area contributed by atoms with Crippen molar-refractivity contribution in [3.05, 3.63) is 29.8 Å². The molecule has 112 valence electrons. The number of hydrogen-bond donors (Lipinski definition) is 2. The smallest absolute Gasteiger partial charge is 0.316 e. The third-order valence-electron chi connectivity index (χ3n) is 3.51. The number of hydrogen-bond acceptors (Lipinski definition) is 3. The number of carbonyl (C=O) groups excluding carboxylic acids is 2. The minimum atomic E-state index is -0.887. The zero-order valence-corrected chi connectivity index (χ0v) is 12.0. The molecule has 0 atom stereocenters. The molecule has 0 unspecified atom stereocenters.